The number of phenolic OH excluding ortho intramolecular Hbond substituents is 1. The summed E-state index contributed by atoms with van der Waals surface area (Å²) in [6.07, 6.45) is 0. The average Bonchev–Trinajstić information content (AvgIpc) is 2.44. The molecule has 1 amide bonds. The van der Waals surface area contributed by atoms with Crippen LogP contribution in [-0.4, -0.2) is 17.6 Å². The van der Waals surface area contributed by atoms with Gasteiger partial charge in [-0.15, -0.1) is 0 Å². The first-order valence-electron chi connectivity index (χ1n) is 6.50. The van der Waals surface area contributed by atoms with Crippen LogP contribution < -0.4 is 10.6 Å². The third-order valence-electron chi connectivity index (χ3n) is 3.18. The maximum absolute atomic E-state index is 12.5. The number of nitrogens with two attached hydrogens (primary N) is 1. The van der Waals surface area contributed by atoms with Gasteiger partial charge in [0.15, 0.2) is 0 Å². The molecule has 0 bridgehead atoms. The van der Waals surface area contributed by atoms with Crippen LogP contribution in [0.3, 0.4) is 0 Å². The quantitative estimate of drug-likeness (QED) is 0.665. The minimum Gasteiger partial charge on any atom is -0.506 e. The highest BCUT2D eigenvalue weighted by Gasteiger charge is 2.16. The Morgan fingerprint density at radius 1 is 1.20 bits per heavy atom. The van der Waals surface area contributed by atoms with Crippen molar-refractivity contribution in [1.29, 1.82) is 0 Å². The van der Waals surface area contributed by atoms with E-state index in [0.717, 1.165) is 11.3 Å². The second-order valence-corrected chi connectivity index (χ2v) is 4.66. The van der Waals surface area contributed by atoms with E-state index in [-0.39, 0.29) is 17.3 Å². The molecule has 0 atom stereocenters. The molecule has 3 N–H and O–H groups in total. The minimum absolute atomic E-state index is 0.0733. The second kappa shape index (κ2) is 5.65. The summed E-state index contributed by atoms with van der Waals surface area (Å²) < 4.78 is 0. The molecule has 0 aliphatic carbocycles. The van der Waals surface area contributed by atoms with Crippen molar-refractivity contribution < 1.29 is 9.90 Å². The molecule has 104 valence electrons. The summed E-state index contributed by atoms with van der Waals surface area (Å²) in [4.78, 5) is 14.2. The number of carbonyl (C=O) groups is 1. The van der Waals surface area contributed by atoms with Crippen LogP contribution in [-0.2, 0) is 0 Å². The third-order valence-corrected chi connectivity index (χ3v) is 3.18. The standard InChI is InChI=1S/C16H18N2O2/c1-3-18(13-7-4-11(2)5-8-13)16(20)12-6-9-14(17)15(19)10-12/h4-10,19H,3,17H2,1-2H3. The van der Waals surface area contributed by atoms with Crippen LogP contribution in [0.25, 0.3) is 0 Å². The smallest absolute Gasteiger partial charge is 0.258 e. The summed E-state index contributed by atoms with van der Waals surface area (Å²) in [5.41, 5.74) is 8.20. The number of benzene rings is 2. The fourth-order valence-corrected chi connectivity index (χ4v) is 2.00. The summed E-state index contributed by atoms with van der Waals surface area (Å²) in [6.45, 7) is 4.46. The molecule has 4 heteroatoms. The van der Waals surface area contributed by atoms with Gasteiger partial charge < -0.3 is 15.7 Å². The summed E-state index contributed by atoms with van der Waals surface area (Å²) in [6, 6.07) is 12.3. The Morgan fingerprint density at radius 3 is 2.40 bits per heavy atom. The molecule has 0 unspecified atom stereocenters. The normalized spacial score (nSPS) is 10.3. The van der Waals surface area contributed by atoms with Crippen molar-refractivity contribution in [3.8, 4) is 5.75 Å². The summed E-state index contributed by atoms with van der Waals surface area (Å²) in [5.74, 6) is -0.234. The average molecular weight is 270 g/mol. The number of rotatable bonds is 3. The van der Waals surface area contributed by atoms with E-state index in [1.807, 2.05) is 38.1 Å². The zero-order valence-corrected chi connectivity index (χ0v) is 11.6. The monoisotopic (exact) mass is 270 g/mol. The van der Waals surface area contributed by atoms with E-state index in [4.69, 9.17) is 5.73 Å². The number of anilines is 2. The molecule has 0 saturated heterocycles. The molecule has 2 rings (SSSR count). The predicted octanol–water partition coefficient (Wildman–Crippen LogP) is 2.95. The molecule has 0 spiro atoms. The molecule has 2 aromatic carbocycles. The number of carbonyl (C=O) groups excluding carboxylic acids is 1. The molecule has 0 aliphatic heterocycles. The van der Waals surface area contributed by atoms with Crippen LogP contribution in [0, 0.1) is 6.92 Å². The van der Waals surface area contributed by atoms with E-state index < -0.39 is 0 Å². The summed E-state index contributed by atoms with van der Waals surface area (Å²) in [5, 5.41) is 9.61. The number of nitrogen functional groups attached to an aromatic ring is 1. The molecule has 2 aromatic rings. The van der Waals surface area contributed by atoms with Crippen LogP contribution in [0.1, 0.15) is 22.8 Å². The molecule has 0 radical (unpaired) electrons. The van der Waals surface area contributed by atoms with Crippen molar-refractivity contribution >= 4 is 17.3 Å². The lowest BCUT2D eigenvalue weighted by Gasteiger charge is -2.21. The van der Waals surface area contributed by atoms with Gasteiger partial charge in [0, 0.05) is 17.8 Å². The van der Waals surface area contributed by atoms with E-state index in [1.54, 1.807) is 11.0 Å². The number of aryl methyl sites for hydroxylation is 1. The number of hydrogen-bond acceptors (Lipinski definition) is 3. The van der Waals surface area contributed by atoms with Crippen molar-refractivity contribution in [3.63, 3.8) is 0 Å². The number of amides is 1. The van der Waals surface area contributed by atoms with E-state index in [2.05, 4.69) is 0 Å². The highest BCUT2D eigenvalue weighted by molar-refractivity contribution is 6.06. The van der Waals surface area contributed by atoms with Gasteiger partial charge in [0.25, 0.3) is 5.91 Å². The van der Waals surface area contributed by atoms with E-state index in [9.17, 15) is 9.90 Å². The van der Waals surface area contributed by atoms with Gasteiger partial charge in [-0.05, 0) is 44.2 Å². The highest BCUT2D eigenvalue weighted by Crippen LogP contribution is 2.23. The predicted molar refractivity (Wildman–Crippen MR) is 81.0 cm³/mol. The molecule has 20 heavy (non-hydrogen) atoms. The SMILES string of the molecule is CCN(C(=O)c1ccc(N)c(O)c1)c1ccc(C)cc1. The Bertz CT molecular complexity index is 621. The Balaban J connectivity index is 2.33. The zero-order valence-electron chi connectivity index (χ0n) is 11.6. The van der Waals surface area contributed by atoms with Gasteiger partial charge in [-0.25, -0.2) is 0 Å². The maximum Gasteiger partial charge on any atom is 0.258 e. The van der Waals surface area contributed by atoms with Crippen molar-refractivity contribution in [3.05, 3.63) is 53.6 Å². The molecular weight excluding hydrogens is 252 g/mol. The zero-order chi connectivity index (χ0) is 14.7. The Morgan fingerprint density at radius 2 is 1.85 bits per heavy atom. The van der Waals surface area contributed by atoms with Gasteiger partial charge in [0.05, 0.1) is 5.69 Å². The Hall–Kier alpha value is -2.49. The fourth-order valence-electron chi connectivity index (χ4n) is 2.00. The molecule has 0 fully saturated rings. The molecular formula is C16H18N2O2. The highest BCUT2D eigenvalue weighted by atomic mass is 16.3. The second-order valence-electron chi connectivity index (χ2n) is 4.66. The van der Waals surface area contributed by atoms with Gasteiger partial charge in [-0.1, -0.05) is 17.7 Å². The van der Waals surface area contributed by atoms with Crippen molar-refractivity contribution in [2.45, 2.75) is 13.8 Å². The van der Waals surface area contributed by atoms with E-state index in [0.29, 0.717) is 12.1 Å². The lowest BCUT2D eigenvalue weighted by molar-refractivity contribution is 0.0988. The number of aromatic hydroxyl groups is 1. The topological polar surface area (TPSA) is 66.6 Å². The van der Waals surface area contributed by atoms with E-state index >= 15 is 0 Å². The van der Waals surface area contributed by atoms with Crippen LogP contribution in [0.5, 0.6) is 5.75 Å². The first kappa shape index (κ1) is 13.9. The lowest BCUT2D eigenvalue weighted by atomic mass is 10.1. The van der Waals surface area contributed by atoms with Crippen LogP contribution in [0.2, 0.25) is 0 Å². The Labute approximate surface area is 118 Å². The van der Waals surface area contributed by atoms with Crippen LogP contribution in [0.15, 0.2) is 42.5 Å². The van der Waals surface area contributed by atoms with E-state index in [1.165, 1.54) is 12.1 Å². The first-order valence-corrected chi connectivity index (χ1v) is 6.50. The van der Waals surface area contributed by atoms with Crippen LogP contribution in [0.4, 0.5) is 11.4 Å². The Kier molecular flexibility index (Phi) is 3.94. The van der Waals surface area contributed by atoms with Crippen molar-refractivity contribution in [1.82, 2.24) is 0 Å². The van der Waals surface area contributed by atoms with Gasteiger partial charge in [-0.2, -0.15) is 0 Å². The summed E-state index contributed by atoms with van der Waals surface area (Å²) >= 11 is 0. The molecule has 0 saturated carbocycles. The van der Waals surface area contributed by atoms with Crippen molar-refractivity contribution in [2.24, 2.45) is 0 Å². The van der Waals surface area contributed by atoms with Gasteiger partial charge in [0.2, 0.25) is 0 Å². The third kappa shape index (κ3) is 2.74. The van der Waals surface area contributed by atoms with Gasteiger partial charge in [-0.3, -0.25) is 4.79 Å². The molecule has 0 aromatic heterocycles. The lowest BCUT2D eigenvalue weighted by Crippen LogP contribution is -2.30. The fraction of sp³-hybridized carbons (Fsp3) is 0.188. The van der Waals surface area contributed by atoms with Gasteiger partial charge in [0.1, 0.15) is 5.75 Å². The summed E-state index contributed by atoms with van der Waals surface area (Å²) in [7, 11) is 0. The van der Waals surface area contributed by atoms with Crippen LogP contribution >= 0.6 is 0 Å². The number of phenols is 1. The maximum atomic E-state index is 12.5. The molecule has 0 heterocycles. The van der Waals surface area contributed by atoms with Gasteiger partial charge >= 0.3 is 0 Å². The first-order chi connectivity index (χ1) is 9.52. The molecule has 0 aliphatic rings. The van der Waals surface area contributed by atoms with Crippen molar-refractivity contribution in [2.75, 3.05) is 17.2 Å². The number of hydrogen-bond donors (Lipinski definition) is 2. The number of nitrogens with zero attached hydrogens (tertiary/aromatic N) is 1. The minimum atomic E-state index is -0.161. The largest absolute Gasteiger partial charge is 0.506 e. The molecule has 4 nitrogen and oxygen atoms in total.